The van der Waals surface area contributed by atoms with Crippen LogP contribution in [0.3, 0.4) is 0 Å². The maximum absolute atomic E-state index is 11.0. The van der Waals surface area contributed by atoms with Crippen LogP contribution in [0, 0.1) is 0 Å². The van der Waals surface area contributed by atoms with E-state index in [0.29, 0.717) is 12.0 Å². The number of nitrogens with one attached hydrogen (secondary N) is 7. The van der Waals surface area contributed by atoms with Gasteiger partial charge in [0.25, 0.3) is 5.95 Å². The molecule has 0 aliphatic rings. The first-order chi connectivity index (χ1) is 20.6. The second-order valence-electron chi connectivity index (χ2n) is 7.76. The van der Waals surface area contributed by atoms with Gasteiger partial charge in [0.15, 0.2) is 0 Å². The fourth-order valence-corrected chi connectivity index (χ4v) is 3.18. The summed E-state index contributed by atoms with van der Waals surface area (Å²) in [5.41, 5.74) is 0. The summed E-state index contributed by atoms with van der Waals surface area (Å²) in [4.78, 5) is 28.3. The maximum Gasteiger partial charge on any atom is 1.00 e. The van der Waals surface area contributed by atoms with Crippen LogP contribution in [-0.4, -0.2) is 129 Å². The van der Waals surface area contributed by atoms with Crippen molar-refractivity contribution in [2.75, 3.05) is 70.0 Å². The molecule has 11 N–H and O–H groups in total. The molecule has 2 atom stereocenters. The Labute approximate surface area is 343 Å². The fourth-order valence-electron chi connectivity index (χ4n) is 2.60. The van der Waals surface area contributed by atoms with Gasteiger partial charge in [-0.3, -0.25) is 15.7 Å². The van der Waals surface area contributed by atoms with Crippen molar-refractivity contribution in [3.63, 3.8) is 0 Å². The molecule has 0 radical (unpaired) electrons. The minimum atomic E-state index is -4.67. The van der Waals surface area contributed by atoms with Crippen LogP contribution in [0.5, 0.6) is 0 Å². The van der Waals surface area contributed by atoms with E-state index in [1.807, 2.05) is 0 Å². The number of aromatic nitrogens is 9. The normalized spacial score (nSPS) is 12.2. The molecule has 0 aromatic carbocycles. The van der Waals surface area contributed by atoms with Gasteiger partial charge in [-0.2, -0.15) is 39.2 Å². The minimum Gasteiger partial charge on any atom is -0.747 e. The average Bonchev–Trinajstić information content (AvgIpc) is 3.41. The summed E-state index contributed by atoms with van der Waals surface area (Å²) in [5, 5.41) is 72.4. The Morgan fingerprint density at radius 1 is 0.756 bits per heavy atom. The molecule has 0 aliphatic carbocycles. The topological polar surface area (TPSA) is 371 Å². The van der Waals surface area contributed by atoms with E-state index in [0.717, 1.165) is 0 Å². The zero-order chi connectivity index (χ0) is 31.2. The second kappa shape index (κ2) is 22.0. The molecule has 3 heterocycles. The molecule has 3 aromatic rings. The third-order valence-electron chi connectivity index (χ3n) is 4.40. The molecule has 0 saturated carbocycles. The van der Waals surface area contributed by atoms with Crippen LogP contribution < -0.4 is 140 Å². The largest absolute Gasteiger partial charge is 1.00 e. The third kappa shape index (κ3) is 16.7. The van der Waals surface area contributed by atoms with Gasteiger partial charge < -0.3 is 51.5 Å². The predicted octanol–water partition coefficient (Wildman–Crippen LogP) is -10.6. The van der Waals surface area contributed by atoms with Gasteiger partial charge in [-0.1, -0.05) is 0 Å². The quantitative estimate of drug-likeness (QED) is 0.00977. The van der Waals surface area contributed by atoms with Crippen molar-refractivity contribution in [2.45, 2.75) is 12.2 Å². The molecule has 0 fully saturated rings. The molecule has 0 saturated heterocycles. The summed E-state index contributed by atoms with van der Waals surface area (Å²) in [6.45, 7) is -1.34. The van der Waals surface area contributed by atoms with E-state index in [9.17, 15) is 28.4 Å². The Morgan fingerprint density at radius 2 is 1.24 bits per heavy atom. The fraction of sp³-hybridized carbons (Fsp3) is 0.500. The minimum absolute atomic E-state index is 0. The van der Waals surface area contributed by atoms with Crippen LogP contribution >= 0.6 is 12.0 Å². The summed E-state index contributed by atoms with van der Waals surface area (Å²) in [5.74, 6) is -1.96. The number of aromatic amines is 1. The van der Waals surface area contributed by atoms with Crippen molar-refractivity contribution in [3.8, 4) is 0 Å². The van der Waals surface area contributed by atoms with Crippen molar-refractivity contribution < 1.29 is 151 Å². The summed E-state index contributed by atoms with van der Waals surface area (Å²) in [7, 11) is -4.67. The van der Waals surface area contributed by atoms with Crippen LogP contribution in [0.1, 0.15) is 0 Å². The van der Waals surface area contributed by atoms with E-state index in [1.54, 1.807) is 0 Å². The number of H-pyrrole nitrogens is 1. The molecular weight excluding hydrogens is 705 g/mol. The number of nitrogens with zero attached hydrogens (tertiary/aromatic N) is 8. The van der Waals surface area contributed by atoms with Crippen molar-refractivity contribution in [1.82, 2.24) is 45.1 Å². The molecule has 25 nitrogen and oxygen atoms in total. The molecule has 0 bridgehead atoms. The van der Waals surface area contributed by atoms with Crippen molar-refractivity contribution in [2.24, 2.45) is 0 Å². The van der Waals surface area contributed by atoms with Gasteiger partial charge >= 0.3 is 103 Å². The van der Waals surface area contributed by atoms with Gasteiger partial charge in [-0.05, 0) is 0 Å². The van der Waals surface area contributed by atoms with Crippen LogP contribution in [0.2, 0.25) is 0 Å². The number of anilines is 8. The van der Waals surface area contributed by atoms with Gasteiger partial charge in [0, 0.05) is 13.1 Å². The molecule has 2 unspecified atom stereocenters. The van der Waals surface area contributed by atoms with Crippen LogP contribution in [0.4, 0.5) is 47.6 Å². The van der Waals surface area contributed by atoms with Gasteiger partial charge in [0.2, 0.25) is 41.6 Å². The first kappa shape index (κ1) is 42.2. The molecule has 29 heteroatoms. The molecule has 0 spiro atoms. The van der Waals surface area contributed by atoms with E-state index >= 15 is 0 Å². The predicted molar refractivity (Wildman–Crippen MR) is 142 cm³/mol. The zero-order valence-electron chi connectivity index (χ0n) is 23.5. The summed E-state index contributed by atoms with van der Waals surface area (Å²) >= 11 is 0.609. The number of aliphatic hydroxyl groups excluding tert-OH is 4. The first-order valence-corrected chi connectivity index (χ1v) is 14.1. The zero-order valence-corrected chi connectivity index (χ0v) is 31.4. The Hall–Kier alpha value is -0.787. The van der Waals surface area contributed by atoms with Crippen molar-refractivity contribution >= 4 is 69.7 Å². The first-order valence-electron chi connectivity index (χ1n) is 11.6. The van der Waals surface area contributed by atoms with Crippen LogP contribution in [-0.2, 0) is 19.5 Å². The molecule has 238 valence electrons. The molecular formula is C16H25K2N15O10S2. The van der Waals surface area contributed by atoms with Crippen molar-refractivity contribution in [1.29, 1.82) is 0 Å². The van der Waals surface area contributed by atoms with E-state index < -0.39 is 41.4 Å². The Kier molecular flexibility index (Phi) is 20.6. The van der Waals surface area contributed by atoms with E-state index in [1.165, 1.54) is 0 Å². The number of hydrogen-bond donors (Lipinski definition) is 11. The summed E-state index contributed by atoms with van der Waals surface area (Å²) < 4.78 is 37.1. The third-order valence-corrected chi connectivity index (χ3v) is 5.31. The smallest absolute Gasteiger partial charge is 0.747 e. The van der Waals surface area contributed by atoms with E-state index in [-0.39, 0.29) is 169 Å². The van der Waals surface area contributed by atoms with Crippen molar-refractivity contribution in [3.05, 3.63) is 0 Å². The Bertz CT molecular complexity index is 1420. The molecule has 0 amide bonds. The van der Waals surface area contributed by atoms with E-state index in [4.69, 9.17) is 10.2 Å². The number of hydrogen-bond acceptors (Lipinski definition) is 25. The van der Waals surface area contributed by atoms with Gasteiger partial charge in [-0.15, -0.1) is 5.10 Å². The van der Waals surface area contributed by atoms with E-state index in [2.05, 4.69) is 86.4 Å². The standard InChI is InChI=1S/C16H27N15O10S2.2K/c32-3-7(34)1-17-9-21-11(19-5-42-41-40-36)25-13(23-9)27-15-29-16(31-30-15)28-14-24-10(18-2-8(35)4-33)22-12(26-14)20-6-43(37,38)39;;/h7-8,32-36H,1-6H2,(H,37,38,39)(H7,17,18,19,20,21,22,23,24,25,26,27,28,29,30,31);;/q;2*+1/p-2. The van der Waals surface area contributed by atoms with Gasteiger partial charge in [0.05, 0.1) is 43.3 Å². The Morgan fingerprint density at radius 3 is 1.76 bits per heavy atom. The van der Waals surface area contributed by atoms with Crippen LogP contribution in [0.25, 0.3) is 0 Å². The Balaban J connectivity index is 0.00000506. The summed E-state index contributed by atoms with van der Waals surface area (Å²) in [6.07, 6.45) is -2.26. The molecule has 3 rings (SSSR count). The molecule has 3 aromatic heterocycles. The second-order valence-corrected chi connectivity index (χ2v) is 9.82. The average molecular weight is 730 g/mol. The monoisotopic (exact) mass is 729 g/mol. The SMILES string of the molecule is O=S(=O)([O-])CNc1nc(NCC(O)CO)nc(Nc2nc(Nc3nc(NCSOO[O-])nc(NCC(O)CO)n3)n[nH]2)n1.[K+].[K+]. The molecule has 0 aliphatic heterocycles. The maximum atomic E-state index is 11.0. The van der Waals surface area contributed by atoms with Gasteiger partial charge in [-0.25, -0.2) is 13.5 Å². The number of aliphatic hydroxyl groups is 4. The summed E-state index contributed by atoms with van der Waals surface area (Å²) in [6, 6.07) is 0. The number of rotatable bonds is 20. The van der Waals surface area contributed by atoms with Gasteiger partial charge in [0.1, 0.15) is 16.0 Å². The molecule has 45 heavy (non-hydrogen) atoms. The van der Waals surface area contributed by atoms with Crippen LogP contribution in [0.15, 0.2) is 0 Å².